The van der Waals surface area contributed by atoms with E-state index in [1.807, 2.05) is 0 Å². The van der Waals surface area contributed by atoms with Gasteiger partial charge in [-0.05, 0) is 18.2 Å². The first kappa shape index (κ1) is 15.8. The van der Waals surface area contributed by atoms with E-state index in [1.54, 1.807) is 0 Å². The maximum Gasteiger partial charge on any atom is 0.416 e. The highest BCUT2D eigenvalue weighted by molar-refractivity contribution is 5.84. The van der Waals surface area contributed by atoms with E-state index in [2.05, 4.69) is 9.97 Å². The fraction of sp³-hybridized carbons (Fsp3) is 0.154. The fourth-order valence-electron chi connectivity index (χ4n) is 1.65. The first-order valence-electron chi connectivity index (χ1n) is 5.76. The topological polar surface area (TPSA) is 63.1 Å². The van der Waals surface area contributed by atoms with E-state index < -0.39 is 35.7 Å². The number of benzene rings is 1. The molecule has 2 rings (SSSR count). The Morgan fingerprint density at radius 1 is 1.09 bits per heavy atom. The van der Waals surface area contributed by atoms with Gasteiger partial charge in [-0.3, -0.25) is 0 Å². The van der Waals surface area contributed by atoms with Crippen molar-refractivity contribution in [1.82, 2.24) is 9.97 Å². The van der Waals surface area contributed by atoms with Crippen molar-refractivity contribution in [3.63, 3.8) is 0 Å². The van der Waals surface area contributed by atoms with Crippen molar-refractivity contribution in [2.75, 3.05) is 0 Å². The molecule has 4 nitrogen and oxygen atoms in total. The Morgan fingerprint density at radius 2 is 1.68 bits per heavy atom. The SMILES string of the molecule is O=C(O)c1nc(-c2ccc(C(F)(F)F)cc2)cc(C(F)F)n1. The van der Waals surface area contributed by atoms with Gasteiger partial charge in [0.05, 0.1) is 11.3 Å². The summed E-state index contributed by atoms with van der Waals surface area (Å²) in [6.07, 6.45) is -7.57. The van der Waals surface area contributed by atoms with Crippen LogP contribution in [-0.4, -0.2) is 21.0 Å². The molecule has 0 saturated carbocycles. The van der Waals surface area contributed by atoms with Gasteiger partial charge in [0, 0.05) is 5.56 Å². The molecule has 1 heterocycles. The third-order valence-electron chi connectivity index (χ3n) is 2.67. The minimum absolute atomic E-state index is 0.0693. The zero-order valence-corrected chi connectivity index (χ0v) is 10.6. The molecular formula is C13H7F5N2O2. The van der Waals surface area contributed by atoms with Gasteiger partial charge in [-0.1, -0.05) is 12.1 Å². The second-order valence-corrected chi connectivity index (χ2v) is 4.18. The summed E-state index contributed by atoms with van der Waals surface area (Å²) in [5.41, 5.74) is -1.86. The van der Waals surface area contributed by atoms with Crippen molar-refractivity contribution in [2.24, 2.45) is 0 Å². The first-order valence-corrected chi connectivity index (χ1v) is 5.76. The van der Waals surface area contributed by atoms with E-state index in [9.17, 15) is 26.7 Å². The standard InChI is InChI=1S/C13H7F5N2O2/c14-10(15)9-5-8(19-11(20-9)12(21)22)6-1-3-7(4-2-6)13(16,17)18/h1-5,10H,(H,21,22). The van der Waals surface area contributed by atoms with Crippen LogP contribution >= 0.6 is 0 Å². The molecule has 0 aliphatic rings. The number of halogens is 5. The lowest BCUT2D eigenvalue weighted by Gasteiger charge is -2.09. The molecule has 116 valence electrons. The van der Waals surface area contributed by atoms with Crippen LogP contribution in [0.1, 0.15) is 28.3 Å². The molecule has 0 bridgehead atoms. The van der Waals surface area contributed by atoms with Crippen LogP contribution in [-0.2, 0) is 6.18 Å². The van der Waals surface area contributed by atoms with Crippen LogP contribution in [0.4, 0.5) is 22.0 Å². The van der Waals surface area contributed by atoms with E-state index in [0.717, 1.165) is 30.3 Å². The molecule has 1 aromatic heterocycles. The van der Waals surface area contributed by atoms with Gasteiger partial charge in [0.2, 0.25) is 5.82 Å². The lowest BCUT2D eigenvalue weighted by molar-refractivity contribution is -0.137. The predicted molar refractivity (Wildman–Crippen MR) is 64.4 cm³/mol. The smallest absolute Gasteiger partial charge is 0.416 e. The van der Waals surface area contributed by atoms with Crippen LogP contribution in [0.3, 0.4) is 0 Å². The number of aromatic carboxylic acids is 1. The molecule has 1 aromatic carbocycles. The van der Waals surface area contributed by atoms with Crippen molar-refractivity contribution in [3.05, 3.63) is 47.4 Å². The number of rotatable bonds is 3. The lowest BCUT2D eigenvalue weighted by Crippen LogP contribution is -2.08. The number of carboxylic acid groups (broad SMARTS) is 1. The highest BCUT2D eigenvalue weighted by Gasteiger charge is 2.30. The van der Waals surface area contributed by atoms with Crippen molar-refractivity contribution < 1.29 is 31.9 Å². The van der Waals surface area contributed by atoms with E-state index >= 15 is 0 Å². The Balaban J connectivity index is 2.49. The summed E-state index contributed by atoms with van der Waals surface area (Å²) in [4.78, 5) is 17.6. The number of nitrogens with zero attached hydrogens (tertiary/aromatic N) is 2. The van der Waals surface area contributed by atoms with Gasteiger partial charge >= 0.3 is 12.1 Å². The number of hydrogen-bond acceptors (Lipinski definition) is 3. The van der Waals surface area contributed by atoms with Gasteiger partial charge in [-0.2, -0.15) is 13.2 Å². The number of carboxylic acids is 1. The molecule has 9 heteroatoms. The van der Waals surface area contributed by atoms with Gasteiger partial charge in [0.25, 0.3) is 6.43 Å². The maximum atomic E-state index is 12.7. The number of alkyl halides is 5. The molecule has 0 saturated heterocycles. The number of hydrogen-bond donors (Lipinski definition) is 1. The zero-order valence-electron chi connectivity index (χ0n) is 10.6. The summed E-state index contributed by atoms with van der Waals surface area (Å²) in [6.45, 7) is 0. The minimum Gasteiger partial charge on any atom is -0.475 e. The minimum atomic E-state index is -4.54. The molecule has 0 unspecified atom stereocenters. The molecule has 0 spiro atoms. The maximum absolute atomic E-state index is 12.7. The Kier molecular flexibility index (Phi) is 4.07. The van der Waals surface area contributed by atoms with Gasteiger partial charge in [0.1, 0.15) is 5.69 Å². The molecule has 1 N–H and O–H groups in total. The Bertz CT molecular complexity index is 699. The summed E-state index contributed by atoms with van der Waals surface area (Å²) in [7, 11) is 0. The van der Waals surface area contributed by atoms with Gasteiger partial charge in [0.15, 0.2) is 0 Å². The van der Waals surface area contributed by atoms with Gasteiger partial charge < -0.3 is 5.11 Å². The molecular weight excluding hydrogens is 311 g/mol. The molecule has 0 atom stereocenters. The zero-order chi connectivity index (χ0) is 16.5. The molecule has 0 aliphatic carbocycles. The second kappa shape index (κ2) is 5.66. The molecule has 2 aromatic rings. The molecule has 0 aliphatic heterocycles. The van der Waals surface area contributed by atoms with Crippen LogP contribution in [0, 0.1) is 0 Å². The van der Waals surface area contributed by atoms with Crippen molar-refractivity contribution in [3.8, 4) is 11.3 Å². The summed E-state index contributed by atoms with van der Waals surface area (Å²) in [5.74, 6) is -2.47. The molecule has 22 heavy (non-hydrogen) atoms. The van der Waals surface area contributed by atoms with E-state index in [4.69, 9.17) is 5.11 Å². The average Bonchev–Trinajstić information content (AvgIpc) is 2.46. The third-order valence-corrected chi connectivity index (χ3v) is 2.67. The summed E-state index contributed by atoms with van der Waals surface area (Å²) in [5, 5.41) is 8.79. The fourth-order valence-corrected chi connectivity index (χ4v) is 1.65. The summed E-state index contributed by atoms with van der Waals surface area (Å²) < 4.78 is 62.8. The molecule has 0 radical (unpaired) electrons. The van der Waals surface area contributed by atoms with E-state index in [1.165, 1.54) is 0 Å². The molecule has 0 amide bonds. The van der Waals surface area contributed by atoms with E-state index in [-0.39, 0.29) is 11.3 Å². The Labute approximate surface area is 120 Å². The Morgan fingerprint density at radius 3 is 2.14 bits per heavy atom. The van der Waals surface area contributed by atoms with Crippen LogP contribution in [0.15, 0.2) is 30.3 Å². The highest BCUT2D eigenvalue weighted by Crippen LogP contribution is 2.31. The van der Waals surface area contributed by atoms with Crippen molar-refractivity contribution in [2.45, 2.75) is 12.6 Å². The van der Waals surface area contributed by atoms with Crippen molar-refractivity contribution in [1.29, 1.82) is 0 Å². The molecule has 0 fully saturated rings. The van der Waals surface area contributed by atoms with Crippen LogP contribution < -0.4 is 0 Å². The predicted octanol–water partition coefficient (Wildman–Crippen LogP) is 3.80. The monoisotopic (exact) mass is 318 g/mol. The van der Waals surface area contributed by atoms with Gasteiger partial charge in [-0.15, -0.1) is 0 Å². The summed E-state index contributed by atoms with van der Waals surface area (Å²) in [6, 6.07) is 4.37. The quantitative estimate of drug-likeness (QED) is 0.874. The second-order valence-electron chi connectivity index (χ2n) is 4.18. The Hall–Kier alpha value is -2.58. The lowest BCUT2D eigenvalue weighted by atomic mass is 10.1. The van der Waals surface area contributed by atoms with Crippen LogP contribution in [0.5, 0.6) is 0 Å². The summed E-state index contributed by atoms with van der Waals surface area (Å²) >= 11 is 0. The van der Waals surface area contributed by atoms with E-state index in [0.29, 0.717) is 0 Å². The largest absolute Gasteiger partial charge is 0.475 e. The average molecular weight is 318 g/mol. The van der Waals surface area contributed by atoms with Crippen molar-refractivity contribution >= 4 is 5.97 Å². The van der Waals surface area contributed by atoms with Crippen LogP contribution in [0.2, 0.25) is 0 Å². The number of carbonyl (C=O) groups is 1. The number of aromatic nitrogens is 2. The first-order chi connectivity index (χ1) is 10.2. The third kappa shape index (κ3) is 3.35. The normalized spacial score (nSPS) is 11.7. The van der Waals surface area contributed by atoms with Crippen LogP contribution in [0.25, 0.3) is 11.3 Å². The highest BCUT2D eigenvalue weighted by atomic mass is 19.4. The van der Waals surface area contributed by atoms with Gasteiger partial charge in [-0.25, -0.2) is 23.5 Å².